The number of thioether (sulfide) groups is 1. The maximum atomic E-state index is 5.54. The molecule has 0 aliphatic rings. The van der Waals surface area contributed by atoms with Crippen molar-refractivity contribution >= 4 is 27.7 Å². The molecule has 0 saturated carbocycles. The molecule has 5 nitrogen and oxygen atoms in total. The van der Waals surface area contributed by atoms with Gasteiger partial charge in [-0.1, -0.05) is 45.9 Å². The van der Waals surface area contributed by atoms with E-state index in [9.17, 15) is 0 Å². The van der Waals surface area contributed by atoms with Crippen molar-refractivity contribution in [1.29, 1.82) is 0 Å². The first-order chi connectivity index (χ1) is 13.3. The van der Waals surface area contributed by atoms with Crippen molar-refractivity contribution < 1.29 is 4.42 Å². The first-order valence-electron chi connectivity index (χ1n) is 8.49. The van der Waals surface area contributed by atoms with Crippen LogP contribution in [0.15, 0.2) is 81.1 Å². The molecule has 3 heterocycles. The number of halogens is 1. The first kappa shape index (κ1) is 18.0. The van der Waals surface area contributed by atoms with Crippen molar-refractivity contribution in [1.82, 2.24) is 19.7 Å². The van der Waals surface area contributed by atoms with Gasteiger partial charge in [-0.3, -0.25) is 9.55 Å². The molecule has 0 radical (unpaired) electrons. The highest BCUT2D eigenvalue weighted by molar-refractivity contribution is 9.10. The van der Waals surface area contributed by atoms with Crippen molar-refractivity contribution in [3.63, 3.8) is 0 Å². The quantitative estimate of drug-likeness (QED) is 0.380. The van der Waals surface area contributed by atoms with Crippen molar-refractivity contribution in [2.75, 3.05) is 0 Å². The van der Waals surface area contributed by atoms with Crippen LogP contribution in [0.2, 0.25) is 0 Å². The number of hydrogen-bond donors (Lipinski definition) is 0. The van der Waals surface area contributed by atoms with E-state index in [0.717, 1.165) is 32.7 Å². The second kappa shape index (κ2) is 8.54. The van der Waals surface area contributed by atoms with Crippen molar-refractivity contribution in [2.24, 2.45) is 0 Å². The number of nitrogens with zero attached hydrogens (tertiary/aromatic N) is 4. The molecule has 136 valence electrons. The van der Waals surface area contributed by atoms with Crippen LogP contribution in [-0.4, -0.2) is 19.7 Å². The molecular formula is C20H17BrN4OS. The Morgan fingerprint density at radius 2 is 1.89 bits per heavy atom. The summed E-state index contributed by atoms with van der Waals surface area (Å²) in [5.74, 6) is 2.58. The Morgan fingerprint density at radius 1 is 1.00 bits per heavy atom. The summed E-state index contributed by atoms with van der Waals surface area (Å²) in [7, 11) is 0. The van der Waals surface area contributed by atoms with E-state index in [1.807, 2.05) is 30.3 Å². The summed E-state index contributed by atoms with van der Waals surface area (Å²) in [5.41, 5.74) is 2.21. The van der Waals surface area contributed by atoms with Gasteiger partial charge < -0.3 is 4.42 Å². The smallest absolute Gasteiger partial charge is 0.191 e. The van der Waals surface area contributed by atoms with Crippen molar-refractivity contribution in [2.45, 2.75) is 23.9 Å². The van der Waals surface area contributed by atoms with E-state index in [1.54, 1.807) is 24.2 Å². The highest BCUT2D eigenvalue weighted by Gasteiger charge is 2.15. The lowest BCUT2D eigenvalue weighted by Crippen LogP contribution is -2.07. The summed E-state index contributed by atoms with van der Waals surface area (Å²) in [6.07, 6.45) is 4.12. The van der Waals surface area contributed by atoms with Gasteiger partial charge in [0.1, 0.15) is 11.6 Å². The highest BCUT2D eigenvalue weighted by Crippen LogP contribution is 2.24. The summed E-state index contributed by atoms with van der Waals surface area (Å²) in [6.45, 7) is 0.602. The van der Waals surface area contributed by atoms with E-state index in [-0.39, 0.29) is 0 Å². The van der Waals surface area contributed by atoms with Gasteiger partial charge >= 0.3 is 0 Å². The van der Waals surface area contributed by atoms with Crippen LogP contribution >= 0.6 is 27.7 Å². The van der Waals surface area contributed by atoms with Crippen molar-refractivity contribution in [3.8, 4) is 0 Å². The highest BCUT2D eigenvalue weighted by atomic mass is 79.9. The molecule has 7 heteroatoms. The lowest BCUT2D eigenvalue weighted by atomic mass is 10.2. The average molecular weight is 441 g/mol. The Kier molecular flexibility index (Phi) is 5.69. The SMILES string of the molecule is Brc1ccc(CSc2nnc(Cc3ccccn3)n2Cc2ccco2)cc1. The maximum Gasteiger partial charge on any atom is 0.191 e. The van der Waals surface area contributed by atoms with Gasteiger partial charge in [0.25, 0.3) is 0 Å². The van der Waals surface area contributed by atoms with Crippen LogP contribution in [0.5, 0.6) is 0 Å². The zero-order valence-corrected chi connectivity index (χ0v) is 16.9. The van der Waals surface area contributed by atoms with E-state index >= 15 is 0 Å². The Hall–Kier alpha value is -2.38. The van der Waals surface area contributed by atoms with Crippen LogP contribution in [0.4, 0.5) is 0 Å². The Balaban J connectivity index is 1.57. The van der Waals surface area contributed by atoms with Crippen LogP contribution in [0.1, 0.15) is 22.8 Å². The van der Waals surface area contributed by atoms with Gasteiger partial charge in [-0.15, -0.1) is 10.2 Å². The van der Waals surface area contributed by atoms with Crippen molar-refractivity contribution in [3.05, 3.63) is 94.4 Å². The predicted octanol–water partition coefficient (Wildman–Crippen LogP) is 4.96. The van der Waals surface area contributed by atoms with E-state index < -0.39 is 0 Å². The van der Waals surface area contributed by atoms with E-state index in [2.05, 4.69) is 59.9 Å². The fraction of sp³-hybridized carbons (Fsp3) is 0.150. The second-order valence-electron chi connectivity index (χ2n) is 5.98. The molecule has 0 bridgehead atoms. The molecule has 4 aromatic rings. The molecule has 0 aliphatic carbocycles. The average Bonchev–Trinajstić information content (AvgIpc) is 3.34. The summed E-state index contributed by atoms with van der Waals surface area (Å²) in [5, 5.41) is 9.72. The number of hydrogen-bond acceptors (Lipinski definition) is 5. The van der Waals surface area contributed by atoms with E-state index in [0.29, 0.717) is 13.0 Å². The van der Waals surface area contributed by atoms with Crippen LogP contribution < -0.4 is 0 Å². The number of rotatable bonds is 7. The molecule has 0 amide bonds. The van der Waals surface area contributed by atoms with Gasteiger partial charge in [0.05, 0.1) is 19.2 Å². The summed E-state index contributed by atoms with van der Waals surface area (Å²) < 4.78 is 8.72. The lowest BCUT2D eigenvalue weighted by molar-refractivity contribution is 0.479. The Morgan fingerprint density at radius 3 is 2.63 bits per heavy atom. The third kappa shape index (κ3) is 4.67. The van der Waals surface area contributed by atoms with Gasteiger partial charge in [-0.05, 0) is 42.0 Å². The molecule has 3 aromatic heterocycles. The molecule has 4 rings (SSSR count). The number of benzene rings is 1. The molecule has 0 spiro atoms. The first-order valence-corrected chi connectivity index (χ1v) is 10.3. The summed E-state index contributed by atoms with van der Waals surface area (Å²) in [4.78, 5) is 4.41. The van der Waals surface area contributed by atoms with Crippen LogP contribution in [0, 0.1) is 0 Å². The third-order valence-electron chi connectivity index (χ3n) is 4.03. The molecule has 0 aliphatic heterocycles. The molecule has 27 heavy (non-hydrogen) atoms. The molecular weight excluding hydrogens is 424 g/mol. The number of furan rings is 1. The second-order valence-corrected chi connectivity index (χ2v) is 7.84. The van der Waals surface area contributed by atoms with Crippen LogP contribution in [-0.2, 0) is 18.7 Å². The van der Waals surface area contributed by atoms with E-state index in [4.69, 9.17) is 4.42 Å². The zero-order valence-electron chi connectivity index (χ0n) is 14.5. The van der Waals surface area contributed by atoms with Crippen LogP contribution in [0.25, 0.3) is 0 Å². The minimum Gasteiger partial charge on any atom is -0.467 e. The van der Waals surface area contributed by atoms with Gasteiger partial charge in [-0.25, -0.2) is 0 Å². The fourth-order valence-corrected chi connectivity index (χ4v) is 3.84. The fourth-order valence-electron chi connectivity index (χ4n) is 2.67. The standard InChI is InChI=1S/C20H17BrN4OS/c21-16-8-6-15(7-9-16)14-27-20-24-23-19(12-17-4-1-2-10-22-17)25(20)13-18-5-3-11-26-18/h1-11H,12-14H2. The maximum absolute atomic E-state index is 5.54. The minimum atomic E-state index is 0.602. The van der Waals surface area contributed by atoms with E-state index in [1.165, 1.54) is 5.56 Å². The predicted molar refractivity (Wildman–Crippen MR) is 109 cm³/mol. The molecule has 0 saturated heterocycles. The molecule has 0 N–H and O–H groups in total. The topological polar surface area (TPSA) is 56.7 Å². The molecule has 1 aromatic carbocycles. The van der Waals surface area contributed by atoms with Crippen LogP contribution in [0.3, 0.4) is 0 Å². The number of aromatic nitrogens is 4. The molecule has 0 fully saturated rings. The Bertz CT molecular complexity index is 985. The minimum absolute atomic E-state index is 0.602. The zero-order chi connectivity index (χ0) is 18.5. The van der Waals surface area contributed by atoms with Gasteiger partial charge in [0.2, 0.25) is 0 Å². The monoisotopic (exact) mass is 440 g/mol. The lowest BCUT2D eigenvalue weighted by Gasteiger charge is -2.09. The summed E-state index contributed by atoms with van der Waals surface area (Å²) >= 11 is 5.14. The largest absolute Gasteiger partial charge is 0.467 e. The third-order valence-corrected chi connectivity index (χ3v) is 5.60. The molecule has 0 atom stereocenters. The normalized spacial score (nSPS) is 11.0. The van der Waals surface area contributed by atoms with Gasteiger partial charge in [-0.2, -0.15) is 0 Å². The molecule has 0 unspecified atom stereocenters. The Labute approximate surface area is 170 Å². The van der Waals surface area contributed by atoms with Gasteiger partial charge in [0, 0.05) is 22.1 Å². The number of pyridine rings is 1. The van der Waals surface area contributed by atoms with Gasteiger partial charge in [0.15, 0.2) is 5.16 Å². The summed E-state index contributed by atoms with van der Waals surface area (Å²) in [6, 6.07) is 18.1.